The number of piperidine rings is 1. The normalized spacial score (nSPS) is 19.8. The Morgan fingerprint density at radius 2 is 2.39 bits per heavy atom. The molecular weight excluding hydrogens is 339 g/mol. The number of aromatic nitrogens is 2. The highest BCUT2D eigenvalue weighted by Gasteiger charge is 2.18. The summed E-state index contributed by atoms with van der Waals surface area (Å²) in [4.78, 5) is 10.9. The molecule has 5 heteroatoms. The van der Waals surface area contributed by atoms with Gasteiger partial charge in [-0.05, 0) is 48.4 Å². The Balaban J connectivity index is 2.05. The second-order valence-electron chi connectivity index (χ2n) is 4.79. The second-order valence-corrected chi connectivity index (χ2v) is 5.95. The first-order valence-corrected chi connectivity index (χ1v) is 7.83. The minimum atomic E-state index is 0.607. The molecule has 1 aliphatic heterocycles. The van der Waals surface area contributed by atoms with Crippen LogP contribution in [-0.4, -0.2) is 35.6 Å². The Morgan fingerprint density at radius 3 is 3.06 bits per heavy atom. The van der Waals surface area contributed by atoms with Gasteiger partial charge < -0.3 is 10.2 Å². The van der Waals surface area contributed by atoms with Gasteiger partial charge in [0.1, 0.15) is 12.1 Å². The van der Waals surface area contributed by atoms with Crippen molar-refractivity contribution in [1.29, 1.82) is 0 Å². The highest BCUT2D eigenvalue weighted by atomic mass is 127. The molecule has 1 fully saturated rings. The van der Waals surface area contributed by atoms with E-state index in [0.29, 0.717) is 6.04 Å². The number of anilines is 1. The average Bonchev–Trinajstić information content (AvgIpc) is 2.40. The zero-order valence-electron chi connectivity index (χ0n) is 10.9. The molecule has 1 saturated heterocycles. The Labute approximate surface area is 123 Å². The molecule has 0 amide bonds. The Morgan fingerprint density at radius 1 is 1.50 bits per heavy atom. The van der Waals surface area contributed by atoms with Crippen LogP contribution in [0.1, 0.15) is 32.6 Å². The van der Waals surface area contributed by atoms with Gasteiger partial charge in [-0.15, -0.1) is 0 Å². The molecule has 18 heavy (non-hydrogen) atoms. The summed E-state index contributed by atoms with van der Waals surface area (Å²) in [7, 11) is 0. The van der Waals surface area contributed by atoms with Gasteiger partial charge in [-0.1, -0.05) is 13.3 Å². The molecule has 0 aliphatic carbocycles. The van der Waals surface area contributed by atoms with E-state index in [1.807, 2.05) is 6.20 Å². The van der Waals surface area contributed by atoms with E-state index in [9.17, 15) is 0 Å². The molecule has 4 nitrogen and oxygen atoms in total. The lowest BCUT2D eigenvalue weighted by Gasteiger charge is -2.31. The quantitative estimate of drug-likeness (QED) is 0.819. The van der Waals surface area contributed by atoms with E-state index in [2.05, 4.69) is 49.7 Å². The largest absolute Gasteiger partial charge is 0.354 e. The van der Waals surface area contributed by atoms with Crippen LogP contribution in [0, 0.1) is 3.57 Å². The van der Waals surface area contributed by atoms with Crippen LogP contribution in [0.4, 0.5) is 5.82 Å². The fourth-order valence-electron chi connectivity index (χ4n) is 2.44. The zero-order chi connectivity index (χ0) is 12.8. The fourth-order valence-corrected chi connectivity index (χ4v) is 3.08. The summed E-state index contributed by atoms with van der Waals surface area (Å²) >= 11 is 2.32. The van der Waals surface area contributed by atoms with E-state index in [4.69, 9.17) is 0 Å². The van der Waals surface area contributed by atoms with Crippen LogP contribution in [-0.2, 0) is 0 Å². The molecule has 0 aromatic carbocycles. The van der Waals surface area contributed by atoms with E-state index < -0.39 is 0 Å². The first-order valence-electron chi connectivity index (χ1n) is 6.75. The van der Waals surface area contributed by atoms with Crippen LogP contribution < -0.4 is 10.2 Å². The topological polar surface area (TPSA) is 41.0 Å². The van der Waals surface area contributed by atoms with Gasteiger partial charge in [0.05, 0.1) is 3.57 Å². The standard InChI is InChI=1S/C13H21IN4/c1-2-7-18(9-11-5-3-4-6-16-11)13-12(14)8-15-10-17-13/h8,10-11,16H,2-7,9H2,1H3. The second kappa shape index (κ2) is 7.23. The van der Waals surface area contributed by atoms with Gasteiger partial charge in [-0.25, -0.2) is 9.97 Å². The Kier molecular flexibility index (Phi) is 5.62. The lowest BCUT2D eigenvalue weighted by atomic mass is 10.0. The van der Waals surface area contributed by atoms with Crippen LogP contribution in [0.5, 0.6) is 0 Å². The zero-order valence-corrected chi connectivity index (χ0v) is 13.1. The van der Waals surface area contributed by atoms with Gasteiger partial charge in [0, 0.05) is 25.3 Å². The number of hydrogen-bond acceptors (Lipinski definition) is 4. The van der Waals surface area contributed by atoms with Crippen LogP contribution in [0.2, 0.25) is 0 Å². The van der Waals surface area contributed by atoms with Crippen molar-refractivity contribution >= 4 is 28.4 Å². The van der Waals surface area contributed by atoms with Crippen molar-refractivity contribution in [2.24, 2.45) is 0 Å². The van der Waals surface area contributed by atoms with Crippen LogP contribution in [0.15, 0.2) is 12.5 Å². The molecule has 0 saturated carbocycles. The van der Waals surface area contributed by atoms with Crippen LogP contribution >= 0.6 is 22.6 Å². The number of nitrogens with zero attached hydrogens (tertiary/aromatic N) is 3. The molecule has 0 spiro atoms. The van der Waals surface area contributed by atoms with Gasteiger partial charge in [-0.3, -0.25) is 0 Å². The van der Waals surface area contributed by atoms with Crippen molar-refractivity contribution in [3.05, 3.63) is 16.1 Å². The van der Waals surface area contributed by atoms with E-state index in [0.717, 1.165) is 35.4 Å². The summed E-state index contributed by atoms with van der Waals surface area (Å²) in [6.07, 6.45) is 8.62. The van der Waals surface area contributed by atoms with Gasteiger partial charge in [-0.2, -0.15) is 0 Å². The summed E-state index contributed by atoms with van der Waals surface area (Å²) in [5.74, 6) is 1.08. The van der Waals surface area contributed by atoms with Crippen molar-refractivity contribution in [3.8, 4) is 0 Å². The minimum Gasteiger partial charge on any atom is -0.354 e. The summed E-state index contributed by atoms with van der Waals surface area (Å²) < 4.78 is 1.14. The number of halogens is 1. The maximum absolute atomic E-state index is 4.44. The highest BCUT2D eigenvalue weighted by Crippen LogP contribution is 2.20. The summed E-state index contributed by atoms with van der Waals surface area (Å²) in [6, 6.07) is 0.607. The van der Waals surface area contributed by atoms with Crippen molar-refractivity contribution in [3.63, 3.8) is 0 Å². The maximum Gasteiger partial charge on any atom is 0.145 e. The van der Waals surface area contributed by atoms with Crippen LogP contribution in [0.25, 0.3) is 0 Å². The predicted octanol–water partition coefficient (Wildman–Crippen LogP) is 2.44. The third-order valence-corrected chi connectivity index (χ3v) is 4.06. The van der Waals surface area contributed by atoms with Crippen LogP contribution in [0.3, 0.4) is 0 Å². The third kappa shape index (κ3) is 3.78. The maximum atomic E-state index is 4.44. The lowest BCUT2D eigenvalue weighted by Crippen LogP contribution is -2.44. The fraction of sp³-hybridized carbons (Fsp3) is 0.692. The van der Waals surface area contributed by atoms with Crippen molar-refractivity contribution in [2.45, 2.75) is 38.6 Å². The molecule has 1 N–H and O–H groups in total. The molecule has 1 aliphatic rings. The number of rotatable bonds is 5. The molecule has 2 heterocycles. The molecule has 0 radical (unpaired) electrons. The van der Waals surface area contributed by atoms with Crippen molar-refractivity contribution in [1.82, 2.24) is 15.3 Å². The SMILES string of the molecule is CCCN(CC1CCCCN1)c1ncncc1I. The van der Waals surface area contributed by atoms with E-state index in [1.165, 1.54) is 19.3 Å². The molecule has 0 bridgehead atoms. The molecule has 1 aromatic heterocycles. The smallest absolute Gasteiger partial charge is 0.145 e. The van der Waals surface area contributed by atoms with Gasteiger partial charge in [0.25, 0.3) is 0 Å². The predicted molar refractivity (Wildman–Crippen MR) is 82.9 cm³/mol. The Hall–Kier alpha value is -0.430. The molecule has 2 rings (SSSR count). The summed E-state index contributed by atoms with van der Waals surface area (Å²) in [5.41, 5.74) is 0. The van der Waals surface area contributed by atoms with Gasteiger partial charge in [0.15, 0.2) is 0 Å². The van der Waals surface area contributed by atoms with Crippen molar-refractivity contribution in [2.75, 3.05) is 24.5 Å². The van der Waals surface area contributed by atoms with Crippen molar-refractivity contribution < 1.29 is 0 Å². The van der Waals surface area contributed by atoms with E-state index >= 15 is 0 Å². The molecule has 100 valence electrons. The number of hydrogen-bond donors (Lipinski definition) is 1. The molecule has 1 unspecified atom stereocenters. The molecule has 1 aromatic rings. The lowest BCUT2D eigenvalue weighted by molar-refractivity contribution is 0.398. The summed E-state index contributed by atoms with van der Waals surface area (Å²) in [6.45, 7) is 5.49. The average molecular weight is 360 g/mol. The summed E-state index contributed by atoms with van der Waals surface area (Å²) in [5, 5.41) is 3.61. The van der Waals surface area contributed by atoms with Gasteiger partial charge in [0.2, 0.25) is 0 Å². The molecular formula is C13H21IN4. The molecule has 1 atom stereocenters. The number of nitrogens with one attached hydrogen (secondary N) is 1. The monoisotopic (exact) mass is 360 g/mol. The van der Waals surface area contributed by atoms with Gasteiger partial charge >= 0.3 is 0 Å². The third-order valence-electron chi connectivity index (χ3n) is 3.29. The first-order chi connectivity index (χ1) is 8.81. The van der Waals surface area contributed by atoms with E-state index in [-0.39, 0.29) is 0 Å². The minimum absolute atomic E-state index is 0.607. The Bertz CT molecular complexity index is 366. The first kappa shape index (κ1) is 14.0. The van der Waals surface area contributed by atoms with E-state index in [1.54, 1.807) is 6.33 Å². The highest BCUT2D eigenvalue weighted by molar-refractivity contribution is 14.1.